The summed E-state index contributed by atoms with van der Waals surface area (Å²) in [5, 5.41) is 3.82. The van der Waals surface area contributed by atoms with Crippen LogP contribution in [0.1, 0.15) is 0 Å². The summed E-state index contributed by atoms with van der Waals surface area (Å²) in [7, 11) is 0. The highest BCUT2D eigenvalue weighted by Gasteiger charge is 2.21. The van der Waals surface area contributed by atoms with Crippen molar-refractivity contribution in [1.29, 1.82) is 0 Å². The van der Waals surface area contributed by atoms with E-state index in [4.69, 9.17) is 29.9 Å². The lowest BCUT2D eigenvalue weighted by molar-refractivity contribution is 1.19. The van der Waals surface area contributed by atoms with Crippen molar-refractivity contribution in [1.82, 2.24) is 39.9 Å². The van der Waals surface area contributed by atoms with E-state index < -0.39 is 0 Å². The lowest BCUT2D eigenvalue weighted by atomic mass is 10.1. The van der Waals surface area contributed by atoms with Crippen molar-refractivity contribution in [3.63, 3.8) is 0 Å². The minimum Gasteiger partial charge on any atom is -0.324 e. The van der Waals surface area contributed by atoms with E-state index in [-0.39, 0.29) is 0 Å². The number of fused-ring (bicyclic) bond motifs is 20. The molecule has 46 heavy (non-hydrogen) atoms. The molecule has 8 heteroatoms. The van der Waals surface area contributed by atoms with Gasteiger partial charge in [0.2, 0.25) is 0 Å². The van der Waals surface area contributed by atoms with Gasteiger partial charge in [0, 0.05) is 43.8 Å². The van der Waals surface area contributed by atoms with Crippen LogP contribution in [0.4, 0.5) is 0 Å². The van der Waals surface area contributed by atoms with Gasteiger partial charge in [0.1, 0.15) is 22.6 Å². The molecule has 3 aromatic heterocycles. The second kappa shape index (κ2) is 10.6. The van der Waals surface area contributed by atoms with E-state index in [9.17, 15) is 0 Å². The maximum atomic E-state index is 5.02. The highest BCUT2D eigenvalue weighted by Crippen LogP contribution is 2.36. The van der Waals surface area contributed by atoms with Gasteiger partial charge >= 0.3 is 0 Å². The normalized spacial score (nSPS) is 11.5. The quantitative estimate of drug-likeness (QED) is 0.183. The second-order valence-corrected chi connectivity index (χ2v) is 10.9. The van der Waals surface area contributed by atoms with Gasteiger partial charge in [0.15, 0.2) is 23.3 Å². The molecule has 5 aromatic carbocycles. The van der Waals surface area contributed by atoms with E-state index >= 15 is 0 Å². The topological polar surface area (TPSA) is 109 Å². The number of rotatable bonds is 0. The second-order valence-electron chi connectivity index (χ2n) is 10.9. The molecule has 10 rings (SSSR count). The zero-order chi connectivity index (χ0) is 30.5. The molecule has 0 unspecified atom stereocenters. The summed E-state index contributed by atoms with van der Waals surface area (Å²) in [5.41, 5.74) is 6.45. The molecule has 0 amide bonds. The Bertz CT molecular complexity index is 2260. The molecule has 0 saturated carbocycles. The van der Waals surface area contributed by atoms with Gasteiger partial charge in [-0.25, -0.2) is 29.9 Å². The van der Waals surface area contributed by atoms with Gasteiger partial charge in [-0.15, -0.1) is 0 Å². The van der Waals surface area contributed by atoms with Crippen LogP contribution >= 0.6 is 0 Å². The molecule has 216 valence electrons. The summed E-state index contributed by atoms with van der Waals surface area (Å²) in [6, 6.07) is 44.2. The molecule has 2 N–H and O–H groups in total. The first-order chi connectivity index (χ1) is 22.8. The van der Waals surface area contributed by atoms with Crippen LogP contribution in [0.25, 0.3) is 89.7 Å². The predicted molar refractivity (Wildman–Crippen MR) is 182 cm³/mol. The van der Waals surface area contributed by atoms with Crippen LogP contribution in [0.5, 0.6) is 0 Å². The van der Waals surface area contributed by atoms with Gasteiger partial charge in [-0.1, -0.05) is 133 Å². The molecular weight excluding hydrogens is 568 g/mol. The summed E-state index contributed by atoms with van der Waals surface area (Å²) in [6.45, 7) is 0. The van der Waals surface area contributed by atoms with Gasteiger partial charge in [-0.05, 0) is 0 Å². The molecule has 8 bridgehead atoms. The van der Waals surface area contributed by atoms with E-state index in [0.717, 1.165) is 43.8 Å². The molecule has 0 aliphatic carbocycles. The Morgan fingerprint density at radius 3 is 0.761 bits per heavy atom. The highest BCUT2D eigenvalue weighted by atomic mass is 15.1. The Morgan fingerprint density at radius 1 is 0.261 bits per heavy atom. The Kier molecular flexibility index (Phi) is 5.95. The fourth-order valence-electron chi connectivity index (χ4n) is 5.98. The third kappa shape index (κ3) is 4.31. The van der Waals surface area contributed by atoms with E-state index in [0.29, 0.717) is 45.9 Å². The van der Waals surface area contributed by atoms with Gasteiger partial charge in [-0.3, -0.25) is 0 Å². The van der Waals surface area contributed by atoms with Crippen molar-refractivity contribution in [2.24, 2.45) is 0 Å². The zero-order valence-corrected chi connectivity index (χ0v) is 24.4. The first-order valence-electron chi connectivity index (χ1n) is 15.0. The molecular formula is C38H24N8. The fraction of sp³-hybridized carbons (Fsp3) is 0. The van der Waals surface area contributed by atoms with Gasteiger partial charge in [0.05, 0.1) is 0 Å². The van der Waals surface area contributed by atoms with Gasteiger partial charge in [-0.2, -0.15) is 0 Å². The molecule has 0 saturated heterocycles. The van der Waals surface area contributed by atoms with Crippen LogP contribution in [0, 0.1) is 0 Å². The molecule has 2 aliphatic rings. The minimum atomic E-state index is 0.597. The molecule has 8 aromatic rings. The number of H-pyrrole nitrogens is 2. The smallest absolute Gasteiger partial charge is 0.164 e. The standard InChI is InChI=1S/C32H18N8.C6H6/c1-2-10-18-17(9-1)25-33-26(18)38-28-21-13-5-6-14-22(21)30(35-28)40-32-24-16-8-7-15-23(24)31(36-32)39-29-20-12-4-3-11-19(20)27(34-29)37-25;1-2-4-6-5-3-1/h1-16H,(H2,33,34,35,36,37,38,39,40);1-6H. The average Bonchev–Trinajstić information content (AvgIpc) is 3.85. The van der Waals surface area contributed by atoms with Crippen LogP contribution < -0.4 is 0 Å². The monoisotopic (exact) mass is 592 g/mol. The molecule has 2 aliphatic heterocycles. The maximum absolute atomic E-state index is 5.02. The number of aromatic amines is 2. The fourth-order valence-corrected chi connectivity index (χ4v) is 5.98. The largest absolute Gasteiger partial charge is 0.324 e. The number of benzene rings is 5. The first-order valence-corrected chi connectivity index (χ1v) is 15.0. The number of hydrogen-bond donors (Lipinski definition) is 2. The Morgan fingerprint density at radius 2 is 0.500 bits per heavy atom. The van der Waals surface area contributed by atoms with Crippen molar-refractivity contribution in [2.75, 3.05) is 0 Å². The summed E-state index contributed by atoms with van der Waals surface area (Å²) < 4.78 is 0. The molecule has 0 atom stereocenters. The van der Waals surface area contributed by atoms with E-state index in [1.807, 2.05) is 133 Å². The highest BCUT2D eigenvalue weighted by molar-refractivity contribution is 6.06. The molecule has 0 spiro atoms. The number of nitrogens with zero attached hydrogens (tertiary/aromatic N) is 6. The minimum absolute atomic E-state index is 0.597. The number of hydrogen-bond acceptors (Lipinski definition) is 6. The summed E-state index contributed by atoms with van der Waals surface area (Å²) in [5.74, 6) is 2.39. The Hall–Kier alpha value is -6.54. The molecule has 8 nitrogen and oxygen atoms in total. The summed E-state index contributed by atoms with van der Waals surface area (Å²) in [4.78, 5) is 36.8. The van der Waals surface area contributed by atoms with Crippen LogP contribution in [0.2, 0.25) is 0 Å². The third-order valence-electron chi connectivity index (χ3n) is 8.13. The molecule has 0 fully saturated rings. The van der Waals surface area contributed by atoms with Crippen LogP contribution in [0.3, 0.4) is 0 Å². The van der Waals surface area contributed by atoms with Gasteiger partial charge in [0.25, 0.3) is 0 Å². The predicted octanol–water partition coefficient (Wildman–Crippen LogP) is 8.56. The summed E-state index contributed by atoms with van der Waals surface area (Å²) in [6.07, 6.45) is 0. The van der Waals surface area contributed by atoms with Crippen molar-refractivity contribution >= 4 is 44.1 Å². The van der Waals surface area contributed by atoms with Crippen molar-refractivity contribution in [3.05, 3.63) is 133 Å². The molecule has 0 radical (unpaired) electrons. The van der Waals surface area contributed by atoms with E-state index in [1.165, 1.54) is 0 Å². The number of aromatic nitrogens is 8. The third-order valence-corrected chi connectivity index (χ3v) is 8.13. The maximum Gasteiger partial charge on any atom is 0.164 e. The number of nitrogens with one attached hydrogen (secondary N) is 2. The lowest BCUT2D eigenvalue weighted by Crippen LogP contribution is -1.82. The summed E-state index contributed by atoms with van der Waals surface area (Å²) >= 11 is 0. The SMILES string of the molecule is c1ccc2c(c1)-c1nc-2nc2[nH]c(nc3nc(nc4[nH]c(n1)c1ccccc41)-c1ccccc1-3)c1ccccc21.c1ccccc1. The van der Waals surface area contributed by atoms with Crippen LogP contribution in [-0.4, -0.2) is 39.9 Å². The van der Waals surface area contributed by atoms with Gasteiger partial charge < -0.3 is 9.97 Å². The van der Waals surface area contributed by atoms with Crippen molar-refractivity contribution in [3.8, 4) is 45.6 Å². The van der Waals surface area contributed by atoms with Crippen molar-refractivity contribution < 1.29 is 0 Å². The lowest BCUT2D eigenvalue weighted by Gasteiger charge is -1.96. The zero-order valence-electron chi connectivity index (χ0n) is 24.4. The van der Waals surface area contributed by atoms with Crippen LogP contribution in [0.15, 0.2) is 133 Å². The van der Waals surface area contributed by atoms with E-state index in [2.05, 4.69) is 9.97 Å². The average molecular weight is 593 g/mol. The Balaban J connectivity index is 0.000000440. The van der Waals surface area contributed by atoms with Crippen LogP contribution in [-0.2, 0) is 0 Å². The van der Waals surface area contributed by atoms with E-state index in [1.54, 1.807) is 0 Å². The molecule has 5 heterocycles. The van der Waals surface area contributed by atoms with Crippen molar-refractivity contribution in [2.45, 2.75) is 0 Å². The Labute approximate surface area is 262 Å². The first kappa shape index (κ1) is 25.9.